The van der Waals surface area contributed by atoms with E-state index in [9.17, 15) is 19.7 Å². The van der Waals surface area contributed by atoms with Crippen molar-refractivity contribution in [1.82, 2.24) is 0 Å². The molecule has 3 aromatic rings. The van der Waals surface area contributed by atoms with Crippen molar-refractivity contribution in [3.8, 4) is 11.1 Å². The first-order chi connectivity index (χ1) is 13.9. The molecule has 0 saturated carbocycles. The van der Waals surface area contributed by atoms with Gasteiger partial charge in [0.15, 0.2) is 0 Å². The maximum Gasteiger partial charge on any atom is 0.341 e. The van der Waals surface area contributed by atoms with Gasteiger partial charge in [0.25, 0.3) is 11.6 Å². The number of rotatable bonds is 6. The summed E-state index contributed by atoms with van der Waals surface area (Å²) >= 11 is 1.26. The summed E-state index contributed by atoms with van der Waals surface area (Å²) in [5.74, 6) is -0.902. The van der Waals surface area contributed by atoms with Crippen LogP contribution >= 0.6 is 11.3 Å². The van der Waals surface area contributed by atoms with Crippen molar-refractivity contribution in [1.29, 1.82) is 0 Å². The van der Waals surface area contributed by atoms with Crippen molar-refractivity contribution < 1.29 is 19.2 Å². The molecule has 1 N–H and O–H groups in total. The van der Waals surface area contributed by atoms with Crippen LogP contribution in [0, 0.1) is 17.0 Å². The average molecular weight is 410 g/mol. The number of hydrogen-bond donors (Lipinski definition) is 1. The summed E-state index contributed by atoms with van der Waals surface area (Å²) in [7, 11) is 0. The van der Waals surface area contributed by atoms with Crippen molar-refractivity contribution in [2.24, 2.45) is 0 Å². The van der Waals surface area contributed by atoms with Crippen molar-refractivity contribution in [2.75, 3.05) is 11.9 Å². The highest BCUT2D eigenvalue weighted by Crippen LogP contribution is 2.41. The van der Waals surface area contributed by atoms with E-state index in [1.54, 1.807) is 43.3 Å². The molecule has 7 nitrogen and oxygen atoms in total. The van der Waals surface area contributed by atoms with E-state index in [0.29, 0.717) is 21.7 Å². The number of nitrogens with zero attached hydrogens (tertiary/aromatic N) is 1. The SMILES string of the molecule is CCOC(=O)c1c(NC(=O)c2ccccc2)sc(C)c1-c1ccc([N+](=O)[O-])cc1. The highest BCUT2D eigenvalue weighted by atomic mass is 32.1. The highest BCUT2D eigenvalue weighted by Gasteiger charge is 2.26. The van der Waals surface area contributed by atoms with E-state index in [-0.39, 0.29) is 23.8 Å². The van der Waals surface area contributed by atoms with E-state index in [2.05, 4.69) is 5.32 Å². The Bertz CT molecular complexity index is 1060. The molecule has 0 aliphatic rings. The van der Waals surface area contributed by atoms with Crippen LogP contribution in [0.25, 0.3) is 11.1 Å². The first-order valence-corrected chi connectivity index (χ1v) is 9.65. The highest BCUT2D eigenvalue weighted by molar-refractivity contribution is 7.17. The van der Waals surface area contributed by atoms with Gasteiger partial charge in [-0.2, -0.15) is 0 Å². The summed E-state index contributed by atoms with van der Waals surface area (Å²) in [4.78, 5) is 36.5. The minimum atomic E-state index is -0.562. The number of nitro groups is 1. The third-order valence-electron chi connectivity index (χ3n) is 4.19. The van der Waals surface area contributed by atoms with Gasteiger partial charge in [-0.05, 0) is 43.7 Å². The quantitative estimate of drug-likeness (QED) is 0.348. The zero-order valence-electron chi connectivity index (χ0n) is 15.8. The summed E-state index contributed by atoms with van der Waals surface area (Å²) in [6.07, 6.45) is 0. The van der Waals surface area contributed by atoms with Crippen LogP contribution in [-0.4, -0.2) is 23.4 Å². The lowest BCUT2D eigenvalue weighted by Crippen LogP contribution is -2.14. The Hall–Kier alpha value is -3.52. The van der Waals surface area contributed by atoms with Crippen LogP contribution in [-0.2, 0) is 4.74 Å². The van der Waals surface area contributed by atoms with Crippen LogP contribution in [0.5, 0.6) is 0 Å². The van der Waals surface area contributed by atoms with Gasteiger partial charge in [-0.15, -0.1) is 11.3 Å². The van der Waals surface area contributed by atoms with Gasteiger partial charge in [-0.3, -0.25) is 14.9 Å². The van der Waals surface area contributed by atoms with Crippen molar-refractivity contribution in [3.63, 3.8) is 0 Å². The van der Waals surface area contributed by atoms with Gasteiger partial charge in [-0.25, -0.2) is 4.79 Å². The molecule has 3 rings (SSSR count). The second-order valence-electron chi connectivity index (χ2n) is 6.08. The van der Waals surface area contributed by atoms with Crippen LogP contribution in [0.4, 0.5) is 10.7 Å². The molecular formula is C21H18N2O5S. The number of non-ortho nitro benzene ring substituents is 1. The predicted octanol–water partition coefficient (Wildman–Crippen LogP) is 5.06. The summed E-state index contributed by atoms with van der Waals surface area (Å²) in [5.41, 5.74) is 1.88. The van der Waals surface area contributed by atoms with Gasteiger partial charge in [0.2, 0.25) is 0 Å². The summed E-state index contributed by atoms with van der Waals surface area (Å²) in [5, 5.41) is 14.1. The fourth-order valence-corrected chi connectivity index (χ4v) is 3.95. The minimum absolute atomic E-state index is 0.0445. The average Bonchev–Trinajstić information content (AvgIpc) is 3.04. The number of esters is 1. The van der Waals surface area contributed by atoms with Crippen molar-refractivity contribution >= 4 is 33.9 Å². The second kappa shape index (κ2) is 8.66. The predicted molar refractivity (Wildman–Crippen MR) is 111 cm³/mol. The molecule has 0 fully saturated rings. The smallest absolute Gasteiger partial charge is 0.341 e. The Balaban J connectivity index is 2.05. The number of nitro benzene ring substituents is 1. The summed E-state index contributed by atoms with van der Waals surface area (Å²) in [6, 6.07) is 14.6. The molecular weight excluding hydrogens is 392 g/mol. The molecule has 0 saturated heterocycles. The molecule has 1 aromatic heterocycles. The summed E-state index contributed by atoms with van der Waals surface area (Å²) < 4.78 is 5.20. The van der Waals surface area contributed by atoms with Crippen molar-refractivity contribution in [3.05, 3.63) is 80.7 Å². The normalized spacial score (nSPS) is 10.4. The zero-order chi connectivity index (χ0) is 21.0. The van der Waals surface area contributed by atoms with Crippen LogP contribution in [0.1, 0.15) is 32.5 Å². The Morgan fingerprint density at radius 3 is 2.34 bits per heavy atom. The second-order valence-corrected chi connectivity index (χ2v) is 7.31. The topological polar surface area (TPSA) is 98.5 Å². The fraction of sp³-hybridized carbons (Fsp3) is 0.143. The standard InChI is InChI=1S/C21H18N2O5S/c1-3-28-21(25)18-17(14-9-11-16(12-10-14)23(26)27)13(2)29-20(18)22-19(24)15-7-5-4-6-8-15/h4-12H,3H2,1-2H3,(H,22,24). The van der Waals surface area contributed by atoms with E-state index in [4.69, 9.17) is 4.74 Å². The number of hydrogen-bond acceptors (Lipinski definition) is 6. The molecule has 0 radical (unpaired) electrons. The van der Waals surface area contributed by atoms with E-state index in [1.807, 2.05) is 13.0 Å². The molecule has 0 unspecified atom stereocenters. The monoisotopic (exact) mass is 410 g/mol. The fourth-order valence-electron chi connectivity index (χ4n) is 2.89. The minimum Gasteiger partial charge on any atom is -0.462 e. The number of thiophene rings is 1. The van der Waals surface area contributed by atoms with Gasteiger partial charge >= 0.3 is 5.97 Å². The molecule has 2 aromatic carbocycles. The number of aryl methyl sites for hydroxylation is 1. The molecule has 8 heteroatoms. The molecule has 148 valence electrons. The zero-order valence-corrected chi connectivity index (χ0v) is 16.6. The molecule has 1 heterocycles. The number of carbonyl (C=O) groups excluding carboxylic acids is 2. The lowest BCUT2D eigenvalue weighted by Gasteiger charge is -2.09. The molecule has 29 heavy (non-hydrogen) atoms. The largest absolute Gasteiger partial charge is 0.462 e. The van der Waals surface area contributed by atoms with Crippen molar-refractivity contribution in [2.45, 2.75) is 13.8 Å². The van der Waals surface area contributed by atoms with E-state index in [1.165, 1.54) is 23.5 Å². The number of ether oxygens (including phenoxy) is 1. The van der Waals surface area contributed by atoms with E-state index in [0.717, 1.165) is 4.88 Å². The number of benzene rings is 2. The maximum absolute atomic E-state index is 12.7. The molecule has 0 spiro atoms. The van der Waals surface area contributed by atoms with Crippen LogP contribution in [0.3, 0.4) is 0 Å². The molecule has 0 aliphatic carbocycles. The number of amides is 1. The van der Waals surface area contributed by atoms with Gasteiger partial charge < -0.3 is 10.1 Å². The lowest BCUT2D eigenvalue weighted by atomic mass is 10.0. The Kier molecular flexibility index (Phi) is 6.04. The van der Waals surface area contributed by atoms with Crippen LogP contribution in [0.2, 0.25) is 0 Å². The van der Waals surface area contributed by atoms with Gasteiger partial charge in [0.1, 0.15) is 10.6 Å². The number of nitrogens with one attached hydrogen (secondary N) is 1. The Morgan fingerprint density at radius 2 is 1.76 bits per heavy atom. The number of carbonyl (C=O) groups is 2. The van der Waals surface area contributed by atoms with E-state index >= 15 is 0 Å². The Labute approximate surface area is 171 Å². The first kappa shape index (κ1) is 20.2. The van der Waals surface area contributed by atoms with Gasteiger partial charge in [0.05, 0.1) is 11.5 Å². The first-order valence-electron chi connectivity index (χ1n) is 8.84. The number of anilines is 1. The molecule has 1 amide bonds. The summed E-state index contributed by atoms with van der Waals surface area (Å²) in [6.45, 7) is 3.70. The molecule has 0 aliphatic heterocycles. The molecule has 0 atom stereocenters. The van der Waals surface area contributed by atoms with E-state index < -0.39 is 10.9 Å². The van der Waals surface area contributed by atoms with Crippen LogP contribution in [0.15, 0.2) is 54.6 Å². The maximum atomic E-state index is 12.7. The van der Waals surface area contributed by atoms with Gasteiger partial charge in [-0.1, -0.05) is 18.2 Å². The van der Waals surface area contributed by atoms with Gasteiger partial charge in [0, 0.05) is 28.1 Å². The van der Waals surface area contributed by atoms with Crippen LogP contribution < -0.4 is 5.32 Å². The third-order valence-corrected chi connectivity index (χ3v) is 5.21. The third kappa shape index (κ3) is 4.33. The Morgan fingerprint density at radius 1 is 1.10 bits per heavy atom. The lowest BCUT2D eigenvalue weighted by molar-refractivity contribution is -0.384. The molecule has 0 bridgehead atoms.